The Morgan fingerprint density at radius 3 is 2.72 bits per heavy atom. The van der Waals surface area contributed by atoms with Crippen molar-refractivity contribution in [3.05, 3.63) is 71.4 Å². The first kappa shape index (κ1) is 24.4. The lowest BCUT2D eigenvalue weighted by Crippen LogP contribution is -2.40. The minimum Gasteiger partial charge on any atom is -0.376 e. The van der Waals surface area contributed by atoms with Gasteiger partial charge in [-0.15, -0.1) is 0 Å². The average molecular weight is 515 g/mol. The number of aromatic nitrogens is 4. The molecule has 4 aromatic rings. The highest BCUT2D eigenvalue weighted by atomic mass is 35.5. The average Bonchev–Trinajstić information content (AvgIpc) is 2.84. The van der Waals surface area contributed by atoms with Crippen molar-refractivity contribution in [1.29, 1.82) is 0 Å². The van der Waals surface area contributed by atoms with Gasteiger partial charge in [-0.1, -0.05) is 17.7 Å². The number of halogens is 4. The molecule has 4 heterocycles. The third-order valence-corrected chi connectivity index (χ3v) is 6.09. The molecule has 0 spiro atoms. The van der Waals surface area contributed by atoms with E-state index in [1.165, 1.54) is 6.07 Å². The van der Waals surface area contributed by atoms with E-state index in [1.807, 2.05) is 25.1 Å². The Morgan fingerprint density at radius 1 is 1.14 bits per heavy atom. The van der Waals surface area contributed by atoms with E-state index in [9.17, 15) is 13.2 Å². The summed E-state index contributed by atoms with van der Waals surface area (Å²) in [7, 11) is 0. The number of morpholine rings is 1. The van der Waals surface area contributed by atoms with Crippen LogP contribution in [0.4, 0.5) is 24.7 Å². The Labute approximate surface area is 210 Å². The van der Waals surface area contributed by atoms with Gasteiger partial charge in [0.05, 0.1) is 47.4 Å². The fourth-order valence-electron chi connectivity index (χ4n) is 4.10. The van der Waals surface area contributed by atoms with E-state index in [4.69, 9.17) is 26.3 Å². The lowest BCUT2D eigenvalue weighted by molar-refractivity contribution is -0.141. The van der Waals surface area contributed by atoms with Gasteiger partial charge < -0.3 is 10.1 Å². The topological polar surface area (TPSA) is 76.1 Å². The van der Waals surface area contributed by atoms with Crippen LogP contribution in [-0.2, 0) is 17.5 Å². The van der Waals surface area contributed by atoms with Crippen molar-refractivity contribution in [3.8, 4) is 11.3 Å². The van der Waals surface area contributed by atoms with Crippen LogP contribution in [0.2, 0.25) is 5.02 Å². The van der Waals surface area contributed by atoms with Crippen molar-refractivity contribution in [1.82, 2.24) is 24.8 Å². The number of ether oxygens (including phenoxy) is 1. The summed E-state index contributed by atoms with van der Waals surface area (Å²) >= 11 is 6.35. The molecule has 0 bridgehead atoms. The Balaban J connectivity index is 1.54. The van der Waals surface area contributed by atoms with Gasteiger partial charge in [0.15, 0.2) is 0 Å². The number of nitrogens with one attached hydrogen (secondary N) is 1. The Kier molecular flexibility index (Phi) is 6.74. The summed E-state index contributed by atoms with van der Waals surface area (Å²) in [6, 6.07) is 11.4. The monoisotopic (exact) mass is 514 g/mol. The molecule has 1 aliphatic heterocycles. The maximum atomic E-state index is 12.9. The molecule has 1 atom stereocenters. The number of pyridine rings is 2. The lowest BCUT2D eigenvalue weighted by Gasteiger charge is -2.30. The van der Waals surface area contributed by atoms with Crippen molar-refractivity contribution < 1.29 is 17.9 Å². The van der Waals surface area contributed by atoms with Gasteiger partial charge in [0.2, 0.25) is 0 Å². The van der Waals surface area contributed by atoms with Gasteiger partial charge in [-0.2, -0.15) is 13.2 Å². The number of alkyl halides is 3. The van der Waals surface area contributed by atoms with Gasteiger partial charge >= 0.3 is 6.18 Å². The summed E-state index contributed by atoms with van der Waals surface area (Å²) in [5, 5.41) is 4.33. The van der Waals surface area contributed by atoms with E-state index in [0.717, 1.165) is 30.9 Å². The predicted octanol–water partition coefficient (Wildman–Crippen LogP) is 5.72. The van der Waals surface area contributed by atoms with E-state index >= 15 is 0 Å². The van der Waals surface area contributed by atoms with Crippen LogP contribution in [0.3, 0.4) is 0 Å². The van der Waals surface area contributed by atoms with Crippen LogP contribution in [0, 0.1) is 0 Å². The standard InChI is InChI=1S/C25H22ClF3N6O/c1-15-13-35(9-10-36-15)14-22-33-20-11-16(23-19(26)3-2-8-30-23)4-6-18(20)24(34-22)32-17-5-7-21(31-12-17)25(27,28)29/h2-8,11-12,15H,9-10,13-14H2,1H3,(H,32,33,34)/t15-/m0/s1. The van der Waals surface area contributed by atoms with Crippen molar-refractivity contribution in [2.75, 3.05) is 25.0 Å². The summed E-state index contributed by atoms with van der Waals surface area (Å²) in [6.45, 7) is 4.63. The minimum absolute atomic E-state index is 0.105. The van der Waals surface area contributed by atoms with Crippen LogP contribution in [-0.4, -0.2) is 50.6 Å². The molecule has 11 heteroatoms. The first-order chi connectivity index (χ1) is 17.3. The zero-order chi connectivity index (χ0) is 25.3. The third kappa shape index (κ3) is 5.40. The Morgan fingerprint density at radius 2 is 2.00 bits per heavy atom. The molecule has 0 radical (unpaired) electrons. The van der Waals surface area contributed by atoms with Crippen molar-refractivity contribution >= 4 is 34.0 Å². The highest BCUT2D eigenvalue weighted by molar-refractivity contribution is 6.33. The molecule has 1 N–H and O–H groups in total. The number of nitrogens with zero attached hydrogens (tertiary/aromatic N) is 5. The van der Waals surface area contributed by atoms with Gasteiger partial charge in [0.1, 0.15) is 17.3 Å². The van der Waals surface area contributed by atoms with E-state index < -0.39 is 11.9 Å². The Hall–Kier alpha value is -3.34. The Bertz CT molecular complexity index is 1380. The molecule has 1 aromatic carbocycles. The molecule has 0 amide bonds. The molecule has 1 saturated heterocycles. The fourth-order valence-corrected chi connectivity index (χ4v) is 4.33. The van der Waals surface area contributed by atoms with Crippen LogP contribution < -0.4 is 5.32 Å². The highest BCUT2D eigenvalue weighted by Crippen LogP contribution is 2.32. The van der Waals surface area contributed by atoms with Gasteiger partial charge in [-0.3, -0.25) is 9.88 Å². The predicted molar refractivity (Wildman–Crippen MR) is 131 cm³/mol. The van der Waals surface area contributed by atoms with Crippen molar-refractivity contribution in [3.63, 3.8) is 0 Å². The molecular formula is C25H22ClF3N6O. The van der Waals surface area contributed by atoms with Gasteiger partial charge in [-0.25, -0.2) is 15.0 Å². The zero-order valence-electron chi connectivity index (χ0n) is 19.3. The molecular weight excluding hydrogens is 493 g/mol. The van der Waals surface area contributed by atoms with E-state index in [-0.39, 0.29) is 6.10 Å². The summed E-state index contributed by atoms with van der Waals surface area (Å²) in [4.78, 5) is 19.6. The molecule has 186 valence electrons. The first-order valence-electron chi connectivity index (χ1n) is 11.3. The molecule has 3 aromatic heterocycles. The van der Waals surface area contributed by atoms with Crippen molar-refractivity contribution in [2.45, 2.75) is 25.7 Å². The first-order valence-corrected chi connectivity index (χ1v) is 11.7. The molecule has 1 aliphatic rings. The van der Waals surface area contributed by atoms with E-state index in [0.29, 0.717) is 52.1 Å². The number of fused-ring (bicyclic) bond motifs is 1. The van der Waals surface area contributed by atoms with Gasteiger partial charge in [0, 0.05) is 30.2 Å². The number of hydrogen-bond acceptors (Lipinski definition) is 7. The summed E-state index contributed by atoms with van der Waals surface area (Å²) < 4.78 is 44.4. The van der Waals surface area contributed by atoms with E-state index in [1.54, 1.807) is 18.3 Å². The van der Waals surface area contributed by atoms with Crippen LogP contribution in [0.25, 0.3) is 22.2 Å². The second kappa shape index (κ2) is 9.96. The molecule has 0 unspecified atom stereocenters. The lowest BCUT2D eigenvalue weighted by atomic mass is 10.1. The molecule has 5 rings (SSSR count). The normalized spacial score (nSPS) is 16.9. The number of benzene rings is 1. The number of anilines is 2. The zero-order valence-corrected chi connectivity index (χ0v) is 20.0. The van der Waals surface area contributed by atoms with Gasteiger partial charge in [0.25, 0.3) is 0 Å². The quantitative estimate of drug-likeness (QED) is 0.365. The molecule has 0 aliphatic carbocycles. The van der Waals surface area contributed by atoms with E-state index in [2.05, 4.69) is 20.2 Å². The molecule has 7 nitrogen and oxygen atoms in total. The van der Waals surface area contributed by atoms with Crippen LogP contribution in [0.15, 0.2) is 54.9 Å². The minimum atomic E-state index is -4.51. The van der Waals surface area contributed by atoms with Crippen molar-refractivity contribution in [2.24, 2.45) is 0 Å². The largest absolute Gasteiger partial charge is 0.433 e. The second-order valence-corrected chi connectivity index (χ2v) is 8.93. The number of rotatable bonds is 5. The number of hydrogen-bond donors (Lipinski definition) is 1. The molecule has 36 heavy (non-hydrogen) atoms. The fraction of sp³-hybridized carbons (Fsp3) is 0.280. The van der Waals surface area contributed by atoms with Crippen LogP contribution in [0.1, 0.15) is 18.4 Å². The second-order valence-electron chi connectivity index (χ2n) is 8.53. The van der Waals surface area contributed by atoms with Crippen LogP contribution >= 0.6 is 11.6 Å². The molecule has 1 fully saturated rings. The van der Waals surface area contributed by atoms with Gasteiger partial charge in [-0.05, 0) is 43.3 Å². The smallest absolute Gasteiger partial charge is 0.376 e. The maximum Gasteiger partial charge on any atom is 0.433 e. The third-order valence-electron chi connectivity index (χ3n) is 5.78. The summed E-state index contributed by atoms with van der Waals surface area (Å²) in [5.74, 6) is 1.04. The van der Waals surface area contributed by atoms with Crippen LogP contribution in [0.5, 0.6) is 0 Å². The maximum absolute atomic E-state index is 12.9. The highest BCUT2D eigenvalue weighted by Gasteiger charge is 2.32. The summed E-state index contributed by atoms with van der Waals surface area (Å²) in [6.07, 6.45) is -1.59. The summed E-state index contributed by atoms with van der Waals surface area (Å²) in [5.41, 5.74) is 1.50. The molecule has 0 saturated carbocycles. The SMILES string of the molecule is C[C@H]1CN(Cc2nc(Nc3ccc(C(F)(F)F)nc3)c3ccc(-c4ncccc4Cl)cc3n2)CCO1.